The molecule has 0 aliphatic heterocycles. The Balaban J connectivity index is 0.00000301. The first kappa shape index (κ1) is 24.2. The van der Waals surface area contributed by atoms with Crippen molar-refractivity contribution in [1.29, 1.82) is 0 Å². The highest BCUT2D eigenvalue weighted by Crippen LogP contribution is 2.25. The Morgan fingerprint density at radius 1 is 0.731 bits per heavy atom. The van der Waals surface area contributed by atoms with E-state index in [2.05, 4.69) is 24.3 Å². The van der Waals surface area contributed by atoms with Crippen molar-refractivity contribution in [2.24, 2.45) is 10.8 Å². The first-order chi connectivity index (χ1) is 12.0. The van der Waals surface area contributed by atoms with Crippen LogP contribution in [0.1, 0.15) is 78.4 Å². The molecular formula is C22H36O4. The summed E-state index contributed by atoms with van der Waals surface area (Å²) in [5.41, 5.74) is 1.09. The van der Waals surface area contributed by atoms with Gasteiger partial charge in [-0.1, -0.05) is 38.1 Å². The van der Waals surface area contributed by atoms with Crippen LogP contribution in [-0.4, -0.2) is 22.2 Å². The van der Waals surface area contributed by atoms with E-state index in [1.165, 1.54) is 11.1 Å². The third-order valence-corrected chi connectivity index (χ3v) is 4.72. The summed E-state index contributed by atoms with van der Waals surface area (Å²) in [4.78, 5) is 22.2. The number of carbonyl (C=O) groups is 2. The lowest BCUT2D eigenvalue weighted by atomic mass is 9.86. The van der Waals surface area contributed by atoms with Gasteiger partial charge in [0.25, 0.3) is 0 Å². The fraction of sp³-hybridized carbons (Fsp3) is 0.636. The largest absolute Gasteiger partial charge is 0.481 e. The number of carboxylic acid groups (broad SMARTS) is 2. The molecule has 0 fully saturated rings. The number of rotatable bonds is 10. The van der Waals surface area contributed by atoms with Crippen molar-refractivity contribution in [3.63, 3.8) is 0 Å². The Hall–Kier alpha value is -1.84. The predicted molar refractivity (Wildman–Crippen MR) is 106 cm³/mol. The minimum Gasteiger partial charge on any atom is -0.481 e. The summed E-state index contributed by atoms with van der Waals surface area (Å²) in [6.07, 6.45) is 4.78. The van der Waals surface area contributed by atoms with Crippen molar-refractivity contribution in [2.75, 3.05) is 0 Å². The smallest absolute Gasteiger partial charge is 0.309 e. The molecule has 0 spiro atoms. The number of aryl methyl sites for hydroxylation is 2. The fourth-order valence-electron chi connectivity index (χ4n) is 2.56. The second kappa shape index (κ2) is 11.0. The van der Waals surface area contributed by atoms with Gasteiger partial charge in [-0.25, -0.2) is 0 Å². The third-order valence-electron chi connectivity index (χ3n) is 4.72. The van der Waals surface area contributed by atoms with Gasteiger partial charge in [0.15, 0.2) is 0 Å². The summed E-state index contributed by atoms with van der Waals surface area (Å²) in [6.45, 7) is 11.0. The first-order valence-electron chi connectivity index (χ1n) is 9.59. The zero-order valence-electron chi connectivity index (χ0n) is 17.3. The Bertz CT molecular complexity index is 505. The van der Waals surface area contributed by atoms with Crippen molar-refractivity contribution in [1.82, 2.24) is 0 Å². The number of carboxylic acids is 2. The summed E-state index contributed by atoms with van der Waals surface area (Å²) in [5.74, 6) is -1.50. The van der Waals surface area contributed by atoms with Gasteiger partial charge < -0.3 is 10.2 Å². The van der Waals surface area contributed by atoms with Crippen LogP contribution in [0.4, 0.5) is 0 Å². The van der Waals surface area contributed by atoms with Crippen LogP contribution >= 0.6 is 0 Å². The molecule has 148 valence electrons. The van der Waals surface area contributed by atoms with Crippen molar-refractivity contribution >= 4 is 11.9 Å². The van der Waals surface area contributed by atoms with E-state index >= 15 is 0 Å². The minimum absolute atomic E-state index is 0.661. The zero-order valence-corrected chi connectivity index (χ0v) is 17.3. The fourth-order valence-corrected chi connectivity index (χ4v) is 2.56. The lowest BCUT2D eigenvalue weighted by Gasteiger charge is -2.19. The number of benzene rings is 1. The highest BCUT2D eigenvalue weighted by atomic mass is 16.4. The Morgan fingerprint density at radius 2 is 1.00 bits per heavy atom. The number of aliphatic carboxylic acids is 2. The van der Waals surface area contributed by atoms with E-state index in [0.29, 0.717) is 12.8 Å². The molecule has 4 nitrogen and oxygen atoms in total. The maximum atomic E-state index is 11.1. The molecule has 0 heterocycles. The van der Waals surface area contributed by atoms with E-state index < -0.39 is 22.8 Å². The van der Waals surface area contributed by atoms with Gasteiger partial charge >= 0.3 is 11.9 Å². The Kier molecular flexibility index (Phi) is 10.2. The van der Waals surface area contributed by atoms with Gasteiger partial charge in [0.1, 0.15) is 0 Å². The highest BCUT2D eigenvalue weighted by Gasteiger charge is 2.26. The molecule has 0 bridgehead atoms. The van der Waals surface area contributed by atoms with E-state index in [1.807, 2.05) is 13.8 Å². The van der Waals surface area contributed by atoms with Gasteiger partial charge in [0.2, 0.25) is 0 Å². The average Bonchev–Trinajstić information content (AvgIpc) is 2.57. The van der Waals surface area contributed by atoms with Crippen molar-refractivity contribution in [3.8, 4) is 0 Å². The van der Waals surface area contributed by atoms with Crippen molar-refractivity contribution in [3.05, 3.63) is 35.4 Å². The Morgan fingerprint density at radius 3 is 1.23 bits per heavy atom. The maximum Gasteiger partial charge on any atom is 0.309 e. The monoisotopic (exact) mass is 364 g/mol. The summed E-state index contributed by atoms with van der Waals surface area (Å²) >= 11 is 0. The van der Waals surface area contributed by atoms with E-state index in [4.69, 9.17) is 10.2 Å². The average molecular weight is 365 g/mol. The van der Waals surface area contributed by atoms with Crippen LogP contribution in [0.2, 0.25) is 0 Å². The molecule has 0 radical (unpaired) electrons. The molecule has 0 aliphatic carbocycles. The van der Waals surface area contributed by atoms with Crippen LogP contribution in [-0.2, 0) is 22.4 Å². The van der Waals surface area contributed by atoms with Crippen LogP contribution in [0.25, 0.3) is 0 Å². The molecule has 1 rings (SSSR count). The van der Waals surface area contributed by atoms with Gasteiger partial charge in [-0.05, 0) is 77.3 Å². The molecule has 0 aliphatic rings. The quantitative estimate of drug-likeness (QED) is 0.568. The van der Waals surface area contributed by atoms with Crippen LogP contribution in [0, 0.1) is 10.8 Å². The predicted octanol–water partition coefficient (Wildman–Crippen LogP) is 5.58. The second-order valence-electron chi connectivity index (χ2n) is 7.90. The van der Waals surface area contributed by atoms with Gasteiger partial charge in [0.05, 0.1) is 10.8 Å². The molecule has 2 N–H and O–H groups in total. The highest BCUT2D eigenvalue weighted by molar-refractivity contribution is 5.73. The van der Waals surface area contributed by atoms with E-state index in [-0.39, 0.29) is 0 Å². The molecule has 1 aromatic carbocycles. The standard InChI is InChI=1S/C20H30O4.C2H6/c1-19(2,17(21)22)13-5-7-15-9-11-16(12-10-15)8-6-14-20(3,4)18(23)24;1-2/h9-12H,5-8,13-14H2,1-4H3,(H,21,22)(H,23,24);1-2H3. The lowest BCUT2D eigenvalue weighted by Crippen LogP contribution is -2.23. The summed E-state index contributed by atoms with van der Waals surface area (Å²) < 4.78 is 0. The summed E-state index contributed by atoms with van der Waals surface area (Å²) in [5, 5.41) is 18.2. The second-order valence-corrected chi connectivity index (χ2v) is 7.90. The first-order valence-corrected chi connectivity index (χ1v) is 9.59. The summed E-state index contributed by atoms with van der Waals surface area (Å²) in [6, 6.07) is 8.35. The Labute approximate surface area is 158 Å². The van der Waals surface area contributed by atoms with E-state index in [0.717, 1.165) is 25.7 Å². The topological polar surface area (TPSA) is 74.6 Å². The van der Waals surface area contributed by atoms with Gasteiger partial charge in [-0.2, -0.15) is 0 Å². The van der Waals surface area contributed by atoms with Crippen LogP contribution in [0.15, 0.2) is 24.3 Å². The number of hydrogen-bond acceptors (Lipinski definition) is 2. The SMILES string of the molecule is CC.CC(C)(CCCc1ccc(CCCC(C)(C)C(=O)O)cc1)C(=O)O. The van der Waals surface area contributed by atoms with Crippen molar-refractivity contribution < 1.29 is 19.8 Å². The molecule has 0 amide bonds. The maximum absolute atomic E-state index is 11.1. The van der Waals surface area contributed by atoms with Gasteiger partial charge in [0, 0.05) is 0 Å². The molecule has 4 heteroatoms. The molecular weight excluding hydrogens is 328 g/mol. The van der Waals surface area contributed by atoms with Gasteiger partial charge in [-0.15, -0.1) is 0 Å². The lowest BCUT2D eigenvalue weighted by molar-refractivity contribution is -0.148. The minimum atomic E-state index is -0.748. The third kappa shape index (κ3) is 8.50. The van der Waals surface area contributed by atoms with E-state index in [1.54, 1.807) is 27.7 Å². The van der Waals surface area contributed by atoms with Crippen LogP contribution in [0.3, 0.4) is 0 Å². The van der Waals surface area contributed by atoms with E-state index in [9.17, 15) is 9.59 Å². The van der Waals surface area contributed by atoms with Gasteiger partial charge in [-0.3, -0.25) is 9.59 Å². The normalized spacial score (nSPS) is 11.5. The molecule has 0 unspecified atom stereocenters. The molecule has 0 saturated heterocycles. The van der Waals surface area contributed by atoms with Crippen LogP contribution < -0.4 is 0 Å². The zero-order chi connectivity index (χ0) is 20.4. The molecule has 1 aromatic rings. The van der Waals surface area contributed by atoms with Crippen molar-refractivity contribution in [2.45, 2.75) is 80.1 Å². The molecule has 0 saturated carbocycles. The molecule has 26 heavy (non-hydrogen) atoms. The van der Waals surface area contributed by atoms with Crippen LogP contribution in [0.5, 0.6) is 0 Å². The molecule has 0 aromatic heterocycles. The molecule has 0 atom stereocenters. The number of hydrogen-bond donors (Lipinski definition) is 2. The summed E-state index contributed by atoms with van der Waals surface area (Å²) in [7, 11) is 0.